The Morgan fingerprint density at radius 2 is 1.74 bits per heavy atom. The van der Waals surface area contributed by atoms with Gasteiger partial charge in [0.1, 0.15) is 5.75 Å². The van der Waals surface area contributed by atoms with Crippen LogP contribution < -0.4 is 4.74 Å². The lowest BCUT2D eigenvalue weighted by Gasteiger charge is -2.02. The molecule has 1 aromatic carbocycles. The van der Waals surface area contributed by atoms with E-state index in [1.54, 1.807) is 18.2 Å². The van der Waals surface area contributed by atoms with Crippen molar-refractivity contribution in [1.29, 1.82) is 0 Å². The fourth-order valence-corrected chi connectivity index (χ4v) is 2.10. The van der Waals surface area contributed by atoms with Gasteiger partial charge in [-0.1, -0.05) is 56.7 Å². The third-order valence-corrected chi connectivity index (χ3v) is 3.35. The maximum atomic E-state index is 11.5. The zero-order valence-electron chi connectivity index (χ0n) is 13.4. The summed E-state index contributed by atoms with van der Waals surface area (Å²) in [6.45, 7) is 2.55. The molecule has 0 fully saturated rings. The molecule has 126 valence electrons. The molecule has 0 heterocycles. The van der Waals surface area contributed by atoms with Crippen LogP contribution in [0.3, 0.4) is 0 Å². The standard InChI is InChI=1S/C18H23ClO4/c1-2-3-4-5-6-7-13-22-17(20)11-12-18(21)23-16-10-8-9-15(19)14-16/h8-12,14H,2-7,13H2,1H3/b12-11+. The summed E-state index contributed by atoms with van der Waals surface area (Å²) in [7, 11) is 0. The number of carbonyl (C=O) groups is 2. The SMILES string of the molecule is CCCCCCCCOC(=O)/C=C/C(=O)Oc1cccc(Cl)c1. The minimum Gasteiger partial charge on any atom is -0.463 e. The Balaban J connectivity index is 2.17. The van der Waals surface area contributed by atoms with E-state index in [4.69, 9.17) is 21.1 Å². The van der Waals surface area contributed by atoms with Crippen molar-refractivity contribution in [2.75, 3.05) is 6.61 Å². The highest BCUT2D eigenvalue weighted by Gasteiger charge is 2.03. The number of carbonyl (C=O) groups excluding carboxylic acids is 2. The lowest BCUT2D eigenvalue weighted by Crippen LogP contribution is -2.07. The molecule has 1 rings (SSSR count). The number of halogens is 1. The van der Waals surface area contributed by atoms with Gasteiger partial charge in [-0.2, -0.15) is 0 Å². The largest absolute Gasteiger partial charge is 0.463 e. The summed E-state index contributed by atoms with van der Waals surface area (Å²) >= 11 is 5.78. The number of hydrogen-bond acceptors (Lipinski definition) is 4. The number of benzene rings is 1. The van der Waals surface area contributed by atoms with Gasteiger partial charge >= 0.3 is 11.9 Å². The maximum absolute atomic E-state index is 11.5. The second-order valence-corrected chi connectivity index (χ2v) is 5.58. The molecule has 0 atom stereocenters. The zero-order chi connectivity index (χ0) is 16.9. The summed E-state index contributed by atoms with van der Waals surface area (Å²) in [5, 5.41) is 0.470. The van der Waals surface area contributed by atoms with Crippen molar-refractivity contribution >= 4 is 23.5 Å². The molecular formula is C18H23ClO4. The summed E-state index contributed by atoms with van der Waals surface area (Å²) in [6, 6.07) is 6.47. The molecule has 0 unspecified atom stereocenters. The van der Waals surface area contributed by atoms with Gasteiger partial charge in [-0.15, -0.1) is 0 Å². The minimum atomic E-state index is -0.649. The van der Waals surface area contributed by atoms with Crippen LogP contribution in [0.15, 0.2) is 36.4 Å². The highest BCUT2D eigenvalue weighted by atomic mass is 35.5. The smallest absolute Gasteiger partial charge is 0.336 e. The van der Waals surface area contributed by atoms with Crippen LogP contribution in [0, 0.1) is 0 Å². The molecule has 23 heavy (non-hydrogen) atoms. The van der Waals surface area contributed by atoms with Crippen LogP contribution in [-0.4, -0.2) is 18.5 Å². The van der Waals surface area contributed by atoms with Gasteiger partial charge in [0.05, 0.1) is 6.61 Å². The molecule has 0 spiro atoms. The van der Waals surface area contributed by atoms with Crippen LogP contribution in [0.4, 0.5) is 0 Å². The van der Waals surface area contributed by atoms with Gasteiger partial charge in [-0.25, -0.2) is 9.59 Å². The van der Waals surface area contributed by atoms with Gasteiger partial charge < -0.3 is 9.47 Å². The normalized spacial score (nSPS) is 10.7. The molecule has 5 heteroatoms. The monoisotopic (exact) mass is 338 g/mol. The summed E-state index contributed by atoms with van der Waals surface area (Å²) in [4.78, 5) is 23.0. The number of esters is 2. The number of hydrogen-bond donors (Lipinski definition) is 0. The molecule has 4 nitrogen and oxygen atoms in total. The molecule has 0 aliphatic rings. The van der Waals surface area contributed by atoms with Crippen molar-refractivity contribution in [1.82, 2.24) is 0 Å². The Morgan fingerprint density at radius 1 is 1.04 bits per heavy atom. The van der Waals surface area contributed by atoms with Crippen LogP contribution in [0.5, 0.6) is 5.75 Å². The molecule has 0 saturated carbocycles. The second kappa shape index (κ2) is 11.7. The quantitative estimate of drug-likeness (QED) is 0.268. The van der Waals surface area contributed by atoms with Crippen LogP contribution in [0.2, 0.25) is 5.02 Å². The van der Waals surface area contributed by atoms with Crippen molar-refractivity contribution in [3.05, 3.63) is 41.4 Å². The first kappa shape index (κ1) is 19.2. The van der Waals surface area contributed by atoms with E-state index in [2.05, 4.69) is 6.92 Å². The first-order valence-corrected chi connectivity index (χ1v) is 8.32. The molecule has 0 N–H and O–H groups in total. The highest BCUT2D eigenvalue weighted by Crippen LogP contribution is 2.17. The maximum Gasteiger partial charge on any atom is 0.336 e. The van der Waals surface area contributed by atoms with Crippen LogP contribution >= 0.6 is 11.6 Å². The van der Waals surface area contributed by atoms with Crippen molar-refractivity contribution in [3.8, 4) is 5.75 Å². The summed E-state index contributed by atoms with van der Waals surface area (Å²) in [6.07, 6.45) is 8.85. The average Bonchev–Trinajstić information content (AvgIpc) is 2.52. The minimum absolute atomic E-state index is 0.326. The fraction of sp³-hybridized carbons (Fsp3) is 0.444. The molecule has 0 aliphatic carbocycles. The Kier molecular flexibility index (Phi) is 9.80. The van der Waals surface area contributed by atoms with Gasteiger partial charge in [0, 0.05) is 17.2 Å². The summed E-state index contributed by atoms with van der Waals surface area (Å²) in [5.74, 6) is -0.863. The van der Waals surface area contributed by atoms with E-state index in [9.17, 15) is 9.59 Å². The van der Waals surface area contributed by atoms with E-state index in [0.29, 0.717) is 17.4 Å². The highest BCUT2D eigenvalue weighted by molar-refractivity contribution is 6.30. The number of unbranched alkanes of at least 4 members (excludes halogenated alkanes) is 5. The molecular weight excluding hydrogens is 316 g/mol. The predicted octanol–water partition coefficient (Wildman–Crippen LogP) is 4.71. The molecule has 1 aromatic rings. The Morgan fingerprint density at radius 3 is 2.48 bits per heavy atom. The third-order valence-electron chi connectivity index (χ3n) is 3.11. The van der Waals surface area contributed by atoms with E-state index < -0.39 is 11.9 Å². The Hall–Kier alpha value is -1.81. The van der Waals surface area contributed by atoms with Crippen molar-refractivity contribution in [2.45, 2.75) is 45.4 Å². The molecule has 0 saturated heterocycles. The third kappa shape index (κ3) is 9.74. The first-order valence-electron chi connectivity index (χ1n) is 7.94. The Bertz CT molecular complexity index is 526. The van der Waals surface area contributed by atoms with E-state index in [-0.39, 0.29) is 0 Å². The summed E-state index contributed by atoms with van der Waals surface area (Å²) < 4.78 is 10.0. The van der Waals surface area contributed by atoms with Crippen molar-refractivity contribution in [3.63, 3.8) is 0 Å². The molecule has 0 radical (unpaired) electrons. The Labute approximate surface area is 142 Å². The zero-order valence-corrected chi connectivity index (χ0v) is 14.2. The van der Waals surface area contributed by atoms with Gasteiger partial charge in [0.2, 0.25) is 0 Å². The van der Waals surface area contributed by atoms with Crippen LogP contribution in [-0.2, 0) is 14.3 Å². The first-order chi connectivity index (χ1) is 11.1. The van der Waals surface area contributed by atoms with Gasteiger partial charge in [-0.3, -0.25) is 0 Å². The molecule has 0 aliphatic heterocycles. The number of ether oxygens (including phenoxy) is 2. The van der Waals surface area contributed by atoms with Crippen molar-refractivity contribution in [2.24, 2.45) is 0 Å². The molecule has 0 bridgehead atoms. The summed E-state index contributed by atoms with van der Waals surface area (Å²) in [5.41, 5.74) is 0. The van der Waals surface area contributed by atoms with Crippen LogP contribution in [0.1, 0.15) is 45.4 Å². The van der Waals surface area contributed by atoms with Gasteiger partial charge in [-0.05, 0) is 24.6 Å². The average molecular weight is 339 g/mol. The van der Waals surface area contributed by atoms with Crippen molar-refractivity contribution < 1.29 is 19.1 Å². The predicted molar refractivity (Wildman–Crippen MR) is 90.6 cm³/mol. The number of rotatable bonds is 10. The van der Waals surface area contributed by atoms with E-state index >= 15 is 0 Å². The topological polar surface area (TPSA) is 52.6 Å². The van der Waals surface area contributed by atoms with E-state index in [1.807, 2.05) is 0 Å². The second-order valence-electron chi connectivity index (χ2n) is 5.15. The van der Waals surface area contributed by atoms with Gasteiger partial charge in [0.25, 0.3) is 0 Å². The lowest BCUT2D eigenvalue weighted by molar-refractivity contribution is -0.138. The molecule has 0 aromatic heterocycles. The van der Waals surface area contributed by atoms with E-state index in [1.165, 1.54) is 25.3 Å². The van der Waals surface area contributed by atoms with E-state index in [0.717, 1.165) is 31.4 Å². The lowest BCUT2D eigenvalue weighted by atomic mass is 10.1. The van der Waals surface area contributed by atoms with Gasteiger partial charge in [0.15, 0.2) is 0 Å². The fourth-order valence-electron chi connectivity index (χ4n) is 1.92. The van der Waals surface area contributed by atoms with Crippen LogP contribution in [0.25, 0.3) is 0 Å². The molecule has 0 amide bonds.